The number of ether oxygens (including phenoxy) is 3. The number of hydrogen-bond donors (Lipinski definition) is 2. The number of nitrogens with zero attached hydrogens (tertiary/aromatic N) is 2. The molecule has 6 heterocycles. The minimum atomic E-state index is -0.708. The number of aromatic nitrogens is 1. The molecule has 2 aromatic carbocycles. The van der Waals surface area contributed by atoms with Gasteiger partial charge in [0.2, 0.25) is 5.91 Å². The van der Waals surface area contributed by atoms with E-state index in [1.54, 1.807) is 24.3 Å². The molecule has 2 N–H and O–H groups in total. The quantitative estimate of drug-likeness (QED) is 0.493. The van der Waals surface area contributed by atoms with Crippen LogP contribution in [0.3, 0.4) is 0 Å². The predicted molar refractivity (Wildman–Crippen MR) is 146 cm³/mol. The molecule has 10 nitrogen and oxygen atoms in total. The topological polar surface area (TPSA) is 119 Å². The minimum Gasteiger partial charge on any atom is -0.493 e. The normalized spacial score (nSPS) is 19.7. The van der Waals surface area contributed by atoms with Gasteiger partial charge in [0.05, 0.1) is 13.2 Å². The van der Waals surface area contributed by atoms with Crippen LogP contribution in [0, 0.1) is 5.82 Å². The van der Waals surface area contributed by atoms with Gasteiger partial charge in [-0.3, -0.25) is 14.4 Å². The zero-order valence-corrected chi connectivity index (χ0v) is 22.6. The maximum absolute atomic E-state index is 14.3. The number of carbonyl (C=O) groups excluding carboxylic acids is 3. The number of amides is 3. The van der Waals surface area contributed by atoms with Gasteiger partial charge in [-0.05, 0) is 53.9 Å². The molecule has 1 fully saturated rings. The van der Waals surface area contributed by atoms with E-state index < -0.39 is 29.8 Å². The van der Waals surface area contributed by atoms with Crippen molar-refractivity contribution >= 4 is 17.7 Å². The Labute approximate surface area is 236 Å². The van der Waals surface area contributed by atoms with Gasteiger partial charge in [-0.2, -0.15) is 0 Å². The molecule has 0 unspecified atom stereocenters. The Morgan fingerprint density at radius 1 is 1.07 bits per heavy atom. The molecule has 2 atom stereocenters. The fraction of sp³-hybridized carbons (Fsp3) is 0.333. The van der Waals surface area contributed by atoms with Gasteiger partial charge in [0.15, 0.2) is 29.6 Å². The third kappa shape index (κ3) is 6.92. The van der Waals surface area contributed by atoms with E-state index in [-0.39, 0.29) is 31.3 Å². The van der Waals surface area contributed by atoms with E-state index in [0.29, 0.717) is 43.1 Å². The molecule has 4 bridgehead atoms. The molecule has 214 valence electrons. The molecule has 0 spiro atoms. The summed E-state index contributed by atoms with van der Waals surface area (Å²) in [7, 11) is 1.50. The Balaban J connectivity index is 1.38. The lowest BCUT2D eigenvalue weighted by molar-refractivity contribution is -0.125. The number of rotatable bonds is 2. The molecule has 8 rings (SSSR count). The lowest BCUT2D eigenvalue weighted by Gasteiger charge is -2.38. The summed E-state index contributed by atoms with van der Waals surface area (Å²) in [6.07, 6.45) is 2.10. The van der Waals surface area contributed by atoms with Crippen LogP contribution in [0.15, 0.2) is 60.8 Å². The number of pyridine rings is 1. The zero-order valence-electron chi connectivity index (χ0n) is 22.6. The first kappa shape index (κ1) is 27.9. The number of aryl methyl sites for hydroxylation is 1. The van der Waals surface area contributed by atoms with Crippen molar-refractivity contribution < 1.29 is 33.0 Å². The highest BCUT2D eigenvalue weighted by Gasteiger charge is 2.35. The largest absolute Gasteiger partial charge is 0.493 e. The van der Waals surface area contributed by atoms with Crippen LogP contribution in [0.5, 0.6) is 17.2 Å². The summed E-state index contributed by atoms with van der Waals surface area (Å²) in [4.78, 5) is 43.9. The second-order valence-electron chi connectivity index (χ2n) is 9.90. The van der Waals surface area contributed by atoms with Crippen LogP contribution in [0.1, 0.15) is 34.5 Å². The van der Waals surface area contributed by atoms with Gasteiger partial charge in [-0.1, -0.05) is 18.2 Å². The summed E-state index contributed by atoms with van der Waals surface area (Å²) >= 11 is 0. The van der Waals surface area contributed by atoms with Crippen LogP contribution in [0.2, 0.25) is 0 Å². The van der Waals surface area contributed by atoms with Gasteiger partial charge >= 0.3 is 0 Å². The second kappa shape index (κ2) is 12.7. The van der Waals surface area contributed by atoms with E-state index in [2.05, 4.69) is 15.6 Å². The van der Waals surface area contributed by atoms with Crippen molar-refractivity contribution in [3.05, 3.63) is 83.4 Å². The minimum absolute atomic E-state index is 0.0783. The summed E-state index contributed by atoms with van der Waals surface area (Å²) in [6.45, 7) is 0.445. The summed E-state index contributed by atoms with van der Waals surface area (Å²) in [5.74, 6) is -0.369. The first-order valence-electron chi connectivity index (χ1n) is 13.4. The van der Waals surface area contributed by atoms with Crippen LogP contribution in [-0.2, 0) is 22.6 Å². The van der Waals surface area contributed by atoms with Gasteiger partial charge < -0.3 is 29.7 Å². The molecular formula is C30H31FN4O6. The SMILES string of the molecule is COc1cc2ccc1OCC(=O)N[C@@H]1CN(C(=O)c3ncccc3F)CC[C@H]1Oc1ccc(cc1)CNC(=O)CC2. The average Bonchev–Trinajstić information content (AvgIpc) is 2.99. The summed E-state index contributed by atoms with van der Waals surface area (Å²) < 4.78 is 31.7. The first-order chi connectivity index (χ1) is 19.9. The van der Waals surface area contributed by atoms with Crippen LogP contribution in [0.25, 0.3) is 0 Å². The van der Waals surface area contributed by atoms with E-state index in [0.717, 1.165) is 11.1 Å². The van der Waals surface area contributed by atoms with E-state index in [9.17, 15) is 18.8 Å². The Kier molecular flexibility index (Phi) is 8.61. The van der Waals surface area contributed by atoms with Crippen molar-refractivity contribution in [2.45, 2.75) is 38.0 Å². The number of likely N-dealkylation sites (tertiary alicyclic amines) is 1. The molecule has 11 heteroatoms. The molecule has 0 saturated carbocycles. The number of methoxy groups -OCH3 is 1. The van der Waals surface area contributed by atoms with Gasteiger partial charge in [-0.15, -0.1) is 0 Å². The number of nitrogens with one attached hydrogen (secondary N) is 2. The van der Waals surface area contributed by atoms with Gasteiger partial charge in [0.25, 0.3) is 11.8 Å². The Morgan fingerprint density at radius 3 is 2.66 bits per heavy atom. The monoisotopic (exact) mass is 562 g/mol. The fourth-order valence-electron chi connectivity index (χ4n) is 4.87. The summed E-state index contributed by atoms with van der Waals surface area (Å²) in [5, 5.41) is 5.86. The van der Waals surface area contributed by atoms with Crippen LogP contribution in [0.4, 0.5) is 4.39 Å². The molecule has 5 aliphatic rings. The molecule has 3 amide bonds. The van der Waals surface area contributed by atoms with Crippen molar-refractivity contribution in [3.63, 3.8) is 0 Å². The highest BCUT2D eigenvalue weighted by molar-refractivity contribution is 5.92. The fourth-order valence-corrected chi connectivity index (χ4v) is 4.87. The molecule has 5 aliphatic heterocycles. The standard InChI is InChI=1S/C30H31FN4O6/c1-39-26-15-19-6-10-25(26)40-18-28(37)34-23-17-35(30(38)29-22(31)3-2-13-32-29)14-12-24(23)41-21-8-4-20(5-9-21)16-33-27(36)11-7-19/h2-6,8-10,13,15,23-24H,7,11-12,14,16-18H2,1H3,(H,33,36)(H,34,37)/t23-,24-/m1/s1. The maximum Gasteiger partial charge on any atom is 0.275 e. The maximum atomic E-state index is 14.3. The molecule has 0 radical (unpaired) electrons. The molecule has 41 heavy (non-hydrogen) atoms. The Bertz CT molecular complexity index is 1420. The third-order valence-corrected chi connectivity index (χ3v) is 7.07. The van der Waals surface area contributed by atoms with E-state index in [1.807, 2.05) is 18.2 Å². The number of piperidine rings is 1. The molecular weight excluding hydrogens is 531 g/mol. The van der Waals surface area contributed by atoms with E-state index in [4.69, 9.17) is 14.2 Å². The molecule has 1 saturated heterocycles. The van der Waals surface area contributed by atoms with Gasteiger partial charge in [0.1, 0.15) is 11.9 Å². The van der Waals surface area contributed by atoms with Crippen molar-refractivity contribution in [2.75, 3.05) is 26.8 Å². The smallest absolute Gasteiger partial charge is 0.275 e. The first-order valence-corrected chi connectivity index (χ1v) is 13.4. The molecule has 3 aromatic rings. The van der Waals surface area contributed by atoms with Gasteiger partial charge in [0, 0.05) is 38.7 Å². The van der Waals surface area contributed by atoms with Crippen molar-refractivity contribution in [1.29, 1.82) is 0 Å². The molecule has 0 aliphatic carbocycles. The Morgan fingerprint density at radius 2 is 1.88 bits per heavy atom. The third-order valence-electron chi connectivity index (χ3n) is 7.07. The van der Waals surface area contributed by atoms with E-state index in [1.165, 1.54) is 30.3 Å². The number of benzene rings is 2. The number of hydrogen-bond acceptors (Lipinski definition) is 7. The van der Waals surface area contributed by atoms with E-state index >= 15 is 0 Å². The van der Waals surface area contributed by atoms with Crippen molar-refractivity contribution in [3.8, 4) is 17.2 Å². The average molecular weight is 563 g/mol. The van der Waals surface area contributed by atoms with Crippen molar-refractivity contribution in [1.82, 2.24) is 20.5 Å². The zero-order chi connectivity index (χ0) is 28.8. The second-order valence-corrected chi connectivity index (χ2v) is 9.90. The lowest BCUT2D eigenvalue weighted by atomic mass is 10.0. The van der Waals surface area contributed by atoms with Crippen LogP contribution >= 0.6 is 0 Å². The summed E-state index contributed by atoms with van der Waals surface area (Å²) in [5.41, 5.74) is 1.53. The highest BCUT2D eigenvalue weighted by atomic mass is 19.1. The number of halogens is 1. The summed E-state index contributed by atoms with van der Waals surface area (Å²) in [6, 6.07) is 14.6. The van der Waals surface area contributed by atoms with Crippen LogP contribution < -0.4 is 24.8 Å². The van der Waals surface area contributed by atoms with Crippen molar-refractivity contribution in [2.24, 2.45) is 0 Å². The predicted octanol–water partition coefficient (Wildman–Crippen LogP) is 2.65. The molecule has 1 aromatic heterocycles. The van der Waals surface area contributed by atoms with Crippen LogP contribution in [-0.4, -0.2) is 66.6 Å². The Hall–Kier alpha value is -4.67. The number of carbonyl (C=O) groups is 3. The lowest BCUT2D eigenvalue weighted by Crippen LogP contribution is -2.58. The van der Waals surface area contributed by atoms with Gasteiger partial charge in [-0.25, -0.2) is 9.37 Å². The highest BCUT2D eigenvalue weighted by Crippen LogP contribution is 2.29.